The van der Waals surface area contributed by atoms with Gasteiger partial charge < -0.3 is 10.5 Å². The largest absolute Gasteiger partial charge is 0.378 e. The number of thioether (sulfide) groups is 1. The Morgan fingerprint density at radius 3 is 2.95 bits per heavy atom. The lowest BCUT2D eigenvalue weighted by Gasteiger charge is -2.10. The van der Waals surface area contributed by atoms with Gasteiger partial charge in [-0.05, 0) is 49.0 Å². The molecule has 0 saturated heterocycles. The number of aryl methyl sites for hydroxylation is 1. The predicted octanol–water partition coefficient (Wildman–Crippen LogP) is 3.77. The second-order valence-electron chi connectivity index (χ2n) is 5.14. The van der Waals surface area contributed by atoms with Gasteiger partial charge in [0.05, 0.1) is 6.61 Å². The molecule has 1 aromatic rings. The van der Waals surface area contributed by atoms with Crippen LogP contribution in [0, 0.1) is 12.7 Å². The summed E-state index contributed by atoms with van der Waals surface area (Å²) in [6, 6.07) is 5.10. The van der Waals surface area contributed by atoms with Crippen molar-refractivity contribution in [2.75, 3.05) is 12.4 Å². The molecule has 114 valence electrons. The molecular formula is C16H21FN2OS. The van der Waals surface area contributed by atoms with Crippen molar-refractivity contribution in [3.05, 3.63) is 46.9 Å². The van der Waals surface area contributed by atoms with E-state index < -0.39 is 0 Å². The second-order valence-corrected chi connectivity index (χ2v) is 6.13. The highest BCUT2D eigenvalue weighted by Gasteiger charge is 2.05. The molecule has 0 amide bonds. The van der Waals surface area contributed by atoms with E-state index in [0.717, 1.165) is 37.2 Å². The van der Waals surface area contributed by atoms with E-state index in [1.807, 2.05) is 12.3 Å². The number of ether oxygens (including phenoxy) is 1. The number of unbranched alkanes of at least 4 members (excludes halogenated alkanes) is 1. The Balaban J connectivity index is 1.59. The van der Waals surface area contributed by atoms with Gasteiger partial charge in [0.2, 0.25) is 0 Å². The first kappa shape index (κ1) is 16.0. The van der Waals surface area contributed by atoms with E-state index in [9.17, 15) is 4.39 Å². The quantitative estimate of drug-likeness (QED) is 0.780. The lowest BCUT2D eigenvalue weighted by Crippen LogP contribution is -2.10. The fourth-order valence-corrected chi connectivity index (χ4v) is 2.75. The van der Waals surface area contributed by atoms with Crippen molar-refractivity contribution in [1.82, 2.24) is 0 Å². The van der Waals surface area contributed by atoms with Gasteiger partial charge in [0.25, 0.3) is 0 Å². The van der Waals surface area contributed by atoms with Gasteiger partial charge in [-0.3, -0.25) is 0 Å². The Morgan fingerprint density at radius 2 is 2.24 bits per heavy atom. The van der Waals surface area contributed by atoms with Gasteiger partial charge >= 0.3 is 0 Å². The molecule has 1 heterocycles. The normalized spacial score (nSPS) is 14.8. The zero-order valence-electron chi connectivity index (χ0n) is 12.3. The SMILES string of the molecule is Cc1cc(COCCCCC2=CN=C(N)SC2)ccc1F. The van der Waals surface area contributed by atoms with E-state index in [1.165, 1.54) is 11.6 Å². The number of amidine groups is 1. The number of nitrogens with two attached hydrogens (primary N) is 1. The van der Waals surface area contributed by atoms with Crippen LogP contribution in [0.25, 0.3) is 0 Å². The van der Waals surface area contributed by atoms with Crippen LogP contribution in [0.2, 0.25) is 0 Å². The maximum Gasteiger partial charge on any atom is 0.158 e. The molecule has 2 N–H and O–H groups in total. The Kier molecular flexibility index (Phi) is 6.26. The van der Waals surface area contributed by atoms with Gasteiger partial charge in [0.15, 0.2) is 5.17 Å². The molecule has 1 aliphatic heterocycles. The molecule has 0 aromatic heterocycles. The fourth-order valence-electron chi connectivity index (χ4n) is 2.08. The smallest absolute Gasteiger partial charge is 0.158 e. The molecular weight excluding hydrogens is 287 g/mol. The summed E-state index contributed by atoms with van der Waals surface area (Å²) in [5, 5.41) is 0.650. The average molecular weight is 308 g/mol. The maximum absolute atomic E-state index is 13.1. The standard InChI is InChI=1S/C16H21FN2OS/c1-12-8-13(5-6-15(12)17)10-20-7-3-2-4-14-9-19-16(18)21-11-14/h5-6,8-9H,2-4,7,10-11H2,1H3,(H2,18,19). The zero-order valence-corrected chi connectivity index (χ0v) is 13.1. The highest BCUT2D eigenvalue weighted by atomic mass is 32.2. The minimum atomic E-state index is -0.166. The van der Waals surface area contributed by atoms with Crippen LogP contribution in [-0.2, 0) is 11.3 Å². The molecule has 0 radical (unpaired) electrons. The first-order valence-electron chi connectivity index (χ1n) is 7.12. The lowest BCUT2D eigenvalue weighted by atomic mass is 10.1. The minimum Gasteiger partial charge on any atom is -0.378 e. The first-order chi connectivity index (χ1) is 10.1. The van der Waals surface area contributed by atoms with Crippen LogP contribution in [-0.4, -0.2) is 17.5 Å². The van der Waals surface area contributed by atoms with E-state index >= 15 is 0 Å². The Labute approximate surface area is 129 Å². The molecule has 2 rings (SSSR count). The van der Waals surface area contributed by atoms with Crippen LogP contribution in [0.1, 0.15) is 30.4 Å². The van der Waals surface area contributed by atoms with Crippen LogP contribution in [0.5, 0.6) is 0 Å². The summed E-state index contributed by atoms with van der Waals surface area (Å²) in [6.45, 7) is 3.03. The number of hydrogen-bond donors (Lipinski definition) is 1. The first-order valence-corrected chi connectivity index (χ1v) is 8.10. The molecule has 0 atom stereocenters. The predicted molar refractivity (Wildman–Crippen MR) is 86.8 cm³/mol. The van der Waals surface area contributed by atoms with Gasteiger partial charge in [-0.15, -0.1) is 0 Å². The van der Waals surface area contributed by atoms with Crippen molar-refractivity contribution in [3.8, 4) is 0 Å². The monoisotopic (exact) mass is 308 g/mol. The van der Waals surface area contributed by atoms with Gasteiger partial charge in [-0.25, -0.2) is 9.38 Å². The average Bonchev–Trinajstić information content (AvgIpc) is 2.48. The van der Waals surface area contributed by atoms with Crippen LogP contribution >= 0.6 is 11.8 Å². The Morgan fingerprint density at radius 1 is 1.38 bits per heavy atom. The van der Waals surface area contributed by atoms with Crippen molar-refractivity contribution in [2.24, 2.45) is 10.7 Å². The van der Waals surface area contributed by atoms with Crippen molar-refractivity contribution in [1.29, 1.82) is 0 Å². The topological polar surface area (TPSA) is 47.6 Å². The molecule has 0 spiro atoms. The van der Waals surface area contributed by atoms with E-state index in [-0.39, 0.29) is 5.82 Å². The van der Waals surface area contributed by atoms with Crippen LogP contribution in [0.4, 0.5) is 4.39 Å². The molecule has 0 fully saturated rings. The number of aliphatic imine (C=N–C) groups is 1. The minimum absolute atomic E-state index is 0.166. The molecule has 0 bridgehead atoms. The Hall–Kier alpha value is -1.33. The van der Waals surface area contributed by atoms with Gasteiger partial charge in [-0.2, -0.15) is 0 Å². The number of nitrogens with zero attached hydrogens (tertiary/aromatic N) is 1. The summed E-state index contributed by atoms with van der Waals surface area (Å²) >= 11 is 1.59. The highest BCUT2D eigenvalue weighted by molar-refractivity contribution is 8.14. The third-order valence-electron chi connectivity index (χ3n) is 3.31. The molecule has 5 heteroatoms. The summed E-state index contributed by atoms with van der Waals surface area (Å²) in [6.07, 6.45) is 5.03. The van der Waals surface area contributed by atoms with Crippen molar-refractivity contribution in [2.45, 2.75) is 32.8 Å². The summed E-state index contributed by atoms with van der Waals surface area (Å²) in [7, 11) is 0. The lowest BCUT2D eigenvalue weighted by molar-refractivity contribution is 0.117. The van der Waals surface area contributed by atoms with Crippen molar-refractivity contribution in [3.63, 3.8) is 0 Å². The molecule has 1 aliphatic rings. The molecule has 0 aliphatic carbocycles. The molecule has 21 heavy (non-hydrogen) atoms. The number of halogens is 1. The van der Waals surface area contributed by atoms with E-state index in [4.69, 9.17) is 10.5 Å². The van der Waals surface area contributed by atoms with Crippen LogP contribution in [0.3, 0.4) is 0 Å². The number of rotatable bonds is 7. The van der Waals surface area contributed by atoms with Crippen molar-refractivity contribution >= 4 is 16.9 Å². The van der Waals surface area contributed by atoms with Gasteiger partial charge in [0, 0.05) is 18.6 Å². The van der Waals surface area contributed by atoms with E-state index in [2.05, 4.69) is 4.99 Å². The molecule has 0 saturated carbocycles. The van der Waals surface area contributed by atoms with Gasteiger partial charge in [-0.1, -0.05) is 23.9 Å². The van der Waals surface area contributed by atoms with E-state index in [1.54, 1.807) is 24.8 Å². The summed E-state index contributed by atoms with van der Waals surface area (Å²) in [5.41, 5.74) is 8.61. The Bertz CT molecular complexity index is 543. The summed E-state index contributed by atoms with van der Waals surface area (Å²) in [5.74, 6) is 0.783. The van der Waals surface area contributed by atoms with Gasteiger partial charge in [0.1, 0.15) is 5.82 Å². The zero-order chi connectivity index (χ0) is 15.1. The number of hydrogen-bond acceptors (Lipinski definition) is 4. The highest BCUT2D eigenvalue weighted by Crippen LogP contribution is 2.18. The molecule has 0 unspecified atom stereocenters. The van der Waals surface area contributed by atoms with Crippen LogP contribution < -0.4 is 5.73 Å². The third kappa shape index (κ3) is 5.52. The molecule has 3 nitrogen and oxygen atoms in total. The third-order valence-corrected chi connectivity index (χ3v) is 4.22. The fraction of sp³-hybridized carbons (Fsp3) is 0.438. The summed E-state index contributed by atoms with van der Waals surface area (Å²) < 4.78 is 18.8. The van der Waals surface area contributed by atoms with Crippen LogP contribution in [0.15, 0.2) is 35.0 Å². The van der Waals surface area contributed by atoms with Crippen molar-refractivity contribution < 1.29 is 9.13 Å². The van der Waals surface area contributed by atoms with E-state index in [0.29, 0.717) is 17.3 Å². The number of benzene rings is 1. The summed E-state index contributed by atoms with van der Waals surface area (Å²) in [4.78, 5) is 4.11. The second kappa shape index (κ2) is 8.20. The maximum atomic E-state index is 13.1. The molecule has 1 aromatic carbocycles.